The first kappa shape index (κ1) is 12.8. The minimum Gasteiger partial charge on any atom is -0.392 e. The normalized spacial score (nSPS) is 9.08. The third-order valence-electron chi connectivity index (χ3n) is 1.52. The Morgan fingerprint density at radius 3 is 1.85 bits per heavy atom. The molecule has 0 radical (unpaired) electrons. The quantitative estimate of drug-likeness (QED) is 0.764. The van der Waals surface area contributed by atoms with E-state index in [0.29, 0.717) is 10.0 Å². The van der Waals surface area contributed by atoms with Crippen molar-refractivity contribution in [3.05, 3.63) is 33.3 Å². The minimum atomic E-state index is -0.0281. The molecule has 1 aromatic carbocycles. The summed E-state index contributed by atoms with van der Waals surface area (Å²) in [6.45, 7) is 5.81. The zero-order chi connectivity index (χ0) is 10.4. The second kappa shape index (κ2) is 6.25. The maximum absolute atomic E-state index is 8.76. The molecule has 0 aliphatic rings. The van der Waals surface area contributed by atoms with Crippen LogP contribution >= 0.6 is 23.2 Å². The molecular formula is C10H14Cl2O. The largest absolute Gasteiger partial charge is 0.392 e. The fraction of sp³-hybridized carbons (Fsp3) is 0.400. The molecule has 0 aromatic heterocycles. The van der Waals surface area contributed by atoms with E-state index >= 15 is 0 Å². The van der Waals surface area contributed by atoms with Gasteiger partial charge in [-0.05, 0) is 30.2 Å². The van der Waals surface area contributed by atoms with Gasteiger partial charge in [-0.2, -0.15) is 0 Å². The summed E-state index contributed by atoms with van der Waals surface area (Å²) in [5.41, 5.74) is 1.59. The van der Waals surface area contributed by atoms with Crippen LogP contribution in [0.3, 0.4) is 0 Å². The first-order valence-corrected chi connectivity index (χ1v) is 4.96. The predicted molar refractivity (Wildman–Crippen MR) is 58.5 cm³/mol. The van der Waals surface area contributed by atoms with Gasteiger partial charge in [0, 0.05) is 10.0 Å². The fourth-order valence-corrected chi connectivity index (χ4v) is 1.32. The van der Waals surface area contributed by atoms with Gasteiger partial charge < -0.3 is 5.11 Å². The molecule has 13 heavy (non-hydrogen) atoms. The second-order valence-corrected chi connectivity index (χ2v) is 3.16. The van der Waals surface area contributed by atoms with Crippen molar-refractivity contribution < 1.29 is 5.11 Å². The Labute approximate surface area is 89.3 Å². The molecule has 0 saturated carbocycles. The summed E-state index contributed by atoms with van der Waals surface area (Å²) in [6, 6.07) is 3.42. The number of hydrogen-bond acceptors (Lipinski definition) is 1. The zero-order valence-corrected chi connectivity index (χ0v) is 9.58. The Morgan fingerprint density at radius 1 is 1.15 bits per heavy atom. The predicted octanol–water partition coefficient (Wildman–Crippen LogP) is 3.82. The van der Waals surface area contributed by atoms with E-state index in [-0.39, 0.29) is 6.61 Å². The van der Waals surface area contributed by atoms with E-state index in [2.05, 4.69) is 0 Å². The molecule has 0 unspecified atom stereocenters. The standard InChI is InChI=1S/C8H8Cl2O.C2H6/c1-5-7(9)2-6(4-11)3-8(5)10;1-2/h2-3,11H,4H2,1H3;1-2H3. The number of rotatable bonds is 1. The van der Waals surface area contributed by atoms with E-state index in [4.69, 9.17) is 28.3 Å². The van der Waals surface area contributed by atoms with Crippen LogP contribution < -0.4 is 0 Å². The number of benzene rings is 1. The van der Waals surface area contributed by atoms with Gasteiger partial charge in [0.1, 0.15) is 0 Å². The minimum absolute atomic E-state index is 0.0281. The number of aliphatic hydroxyl groups is 1. The van der Waals surface area contributed by atoms with Crippen LogP contribution in [0.1, 0.15) is 25.0 Å². The topological polar surface area (TPSA) is 20.2 Å². The van der Waals surface area contributed by atoms with Crippen molar-refractivity contribution in [1.29, 1.82) is 0 Å². The molecule has 0 heterocycles. The average Bonchev–Trinajstić information content (AvgIpc) is 2.16. The van der Waals surface area contributed by atoms with Crippen LogP contribution in [0, 0.1) is 6.92 Å². The van der Waals surface area contributed by atoms with Crippen molar-refractivity contribution in [3.63, 3.8) is 0 Å². The molecule has 0 aliphatic carbocycles. The molecule has 1 nitrogen and oxygen atoms in total. The van der Waals surface area contributed by atoms with Gasteiger partial charge in [0.05, 0.1) is 6.61 Å². The van der Waals surface area contributed by atoms with Crippen molar-refractivity contribution in [2.24, 2.45) is 0 Å². The van der Waals surface area contributed by atoms with Crippen molar-refractivity contribution in [3.8, 4) is 0 Å². The molecule has 3 heteroatoms. The molecule has 0 fully saturated rings. The van der Waals surface area contributed by atoms with Crippen LogP contribution in [0.15, 0.2) is 12.1 Å². The van der Waals surface area contributed by atoms with Gasteiger partial charge in [-0.3, -0.25) is 0 Å². The van der Waals surface area contributed by atoms with Crippen molar-refractivity contribution >= 4 is 23.2 Å². The molecule has 1 N–H and O–H groups in total. The first-order valence-electron chi connectivity index (χ1n) is 4.20. The van der Waals surface area contributed by atoms with Gasteiger partial charge in [0.2, 0.25) is 0 Å². The Morgan fingerprint density at radius 2 is 1.54 bits per heavy atom. The summed E-state index contributed by atoms with van der Waals surface area (Å²) in [5, 5.41) is 9.96. The third kappa shape index (κ3) is 3.55. The lowest BCUT2D eigenvalue weighted by Gasteiger charge is -2.03. The SMILES string of the molecule is CC.Cc1c(Cl)cc(CO)cc1Cl. The van der Waals surface area contributed by atoms with E-state index in [1.54, 1.807) is 12.1 Å². The average molecular weight is 221 g/mol. The lowest BCUT2D eigenvalue weighted by atomic mass is 10.1. The molecule has 0 bridgehead atoms. The van der Waals surface area contributed by atoms with E-state index in [1.165, 1.54) is 0 Å². The van der Waals surface area contributed by atoms with Gasteiger partial charge in [0.15, 0.2) is 0 Å². The van der Waals surface area contributed by atoms with Crippen LogP contribution in [0.2, 0.25) is 10.0 Å². The van der Waals surface area contributed by atoms with E-state index < -0.39 is 0 Å². The van der Waals surface area contributed by atoms with Crippen molar-refractivity contribution in [2.75, 3.05) is 0 Å². The van der Waals surface area contributed by atoms with Crippen molar-refractivity contribution in [1.82, 2.24) is 0 Å². The summed E-state index contributed by atoms with van der Waals surface area (Å²) in [7, 11) is 0. The summed E-state index contributed by atoms with van der Waals surface area (Å²) < 4.78 is 0. The zero-order valence-electron chi connectivity index (χ0n) is 8.06. The molecule has 0 amide bonds. The summed E-state index contributed by atoms with van der Waals surface area (Å²) in [6.07, 6.45) is 0. The van der Waals surface area contributed by atoms with Gasteiger partial charge in [-0.15, -0.1) is 0 Å². The lowest BCUT2D eigenvalue weighted by Crippen LogP contribution is -1.85. The molecule has 1 rings (SSSR count). The summed E-state index contributed by atoms with van der Waals surface area (Å²) in [4.78, 5) is 0. The lowest BCUT2D eigenvalue weighted by molar-refractivity contribution is 0.282. The van der Waals surface area contributed by atoms with Gasteiger partial charge in [-0.25, -0.2) is 0 Å². The van der Waals surface area contributed by atoms with Crippen LogP contribution in [0.5, 0.6) is 0 Å². The molecular weight excluding hydrogens is 207 g/mol. The highest BCUT2D eigenvalue weighted by Crippen LogP contribution is 2.25. The highest BCUT2D eigenvalue weighted by atomic mass is 35.5. The summed E-state index contributed by atoms with van der Waals surface area (Å²) in [5.74, 6) is 0. The molecule has 0 atom stereocenters. The van der Waals surface area contributed by atoms with E-state index in [0.717, 1.165) is 11.1 Å². The Bertz CT molecular complexity index is 249. The number of hydrogen-bond donors (Lipinski definition) is 1. The number of halogens is 2. The van der Waals surface area contributed by atoms with Gasteiger partial charge in [0.25, 0.3) is 0 Å². The molecule has 74 valence electrons. The smallest absolute Gasteiger partial charge is 0.0682 e. The maximum Gasteiger partial charge on any atom is 0.0682 e. The highest BCUT2D eigenvalue weighted by Gasteiger charge is 2.02. The molecule has 0 aliphatic heterocycles. The molecule has 1 aromatic rings. The van der Waals surface area contributed by atoms with Crippen LogP contribution in [-0.2, 0) is 6.61 Å². The van der Waals surface area contributed by atoms with E-state index in [9.17, 15) is 0 Å². The number of aliphatic hydroxyl groups excluding tert-OH is 1. The van der Waals surface area contributed by atoms with E-state index in [1.807, 2.05) is 20.8 Å². The first-order chi connectivity index (χ1) is 6.15. The van der Waals surface area contributed by atoms with Gasteiger partial charge in [-0.1, -0.05) is 37.0 Å². The Balaban J connectivity index is 0.000000671. The monoisotopic (exact) mass is 220 g/mol. The highest BCUT2D eigenvalue weighted by molar-refractivity contribution is 6.36. The second-order valence-electron chi connectivity index (χ2n) is 2.34. The van der Waals surface area contributed by atoms with Crippen LogP contribution in [-0.4, -0.2) is 5.11 Å². The maximum atomic E-state index is 8.76. The van der Waals surface area contributed by atoms with Crippen molar-refractivity contribution in [2.45, 2.75) is 27.4 Å². The third-order valence-corrected chi connectivity index (χ3v) is 2.31. The molecule has 0 spiro atoms. The molecule has 0 saturated heterocycles. The van der Waals surface area contributed by atoms with Gasteiger partial charge >= 0.3 is 0 Å². The Kier molecular flexibility index (Phi) is 6.13. The summed E-state index contributed by atoms with van der Waals surface area (Å²) >= 11 is 11.6. The van der Waals surface area contributed by atoms with Crippen LogP contribution in [0.25, 0.3) is 0 Å². The van der Waals surface area contributed by atoms with Crippen LogP contribution in [0.4, 0.5) is 0 Å². The Hall–Kier alpha value is -0.240. The fourth-order valence-electron chi connectivity index (χ4n) is 0.789.